The number of thiazole rings is 1. The van der Waals surface area contributed by atoms with Crippen LogP contribution in [0.15, 0.2) is 40.3 Å². The molecule has 0 saturated heterocycles. The normalized spacial score (nSPS) is 10.3. The van der Waals surface area contributed by atoms with Crippen LogP contribution in [-0.2, 0) is 17.6 Å². The average molecular weight is 296 g/mol. The highest BCUT2D eigenvalue weighted by Crippen LogP contribution is 2.17. The molecule has 0 unspecified atom stereocenters. The molecule has 0 radical (unpaired) electrons. The van der Waals surface area contributed by atoms with E-state index in [4.69, 9.17) is 0 Å². The van der Waals surface area contributed by atoms with Gasteiger partial charge in [-0.05, 0) is 11.6 Å². The number of rotatable bonds is 4. The maximum atomic E-state index is 11.8. The first-order chi connectivity index (χ1) is 7.75. The molecule has 2 nitrogen and oxygen atoms in total. The van der Waals surface area contributed by atoms with Gasteiger partial charge in [0.2, 0.25) is 0 Å². The Morgan fingerprint density at radius 2 is 2.12 bits per heavy atom. The van der Waals surface area contributed by atoms with Crippen LogP contribution in [0.25, 0.3) is 0 Å². The van der Waals surface area contributed by atoms with Crippen molar-refractivity contribution >= 4 is 33.0 Å². The molecule has 2 aromatic rings. The number of hydrogen-bond acceptors (Lipinski definition) is 3. The highest BCUT2D eigenvalue weighted by atomic mass is 79.9. The molecule has 0 aliphatic carbocycles. The second-order valence-electron chi connectivity index (χ2n) is 3.41. The molecule has 0 aliphatic heterocycles. The summed E-state index contributed by atoms with van der Waals surface area (Å²) in [5.74, 6) is 0.196. The summed E-state index contributed by atoms with van der Waals surface area (Å²) in [7, 11) is 0. The summed E-state index contributed by atoms with van der Waals surface area (Å²) in [5, 5.41) is 2.78. The molecule has 0 bridgehead atoms. The second kappa shape index (κ2) is 5.37. The lowest BCUT2D eigenvalue weighted by molar-refractivity contribution is -0.117. The molecule has 0 aliphatic rings. The standard InChI is InChI=1S/C12H10BrNOS/c13-11-4-2-1-3-9(11)7-10(15)8-12-14-5-6-16-12/h1-6H,7-8H2. The highest BCUT2D eigenvalue weighted by Gasteiger charge is 2.08. The summed E-state index contributed by atoms with van der Waals surface area (Å²) in [6.45, 7) is 0. The predicted molar refractivity (Wildman–Crippen MR) is 68.7 cm³/mol. The zero-order chi connectivity index (χ0) is 11.4. The molecular formula is C12H10BrNOS. The third-order valence-corrected chi connectivity index (χ3v) is 3.73. The van der Waals surface area contributed by atoms with Crippen molar-refractivity contribution in [3.63, 3.8) is 0 Å². The van der Waals surface area contributed by atoms with Crippen LogP contribution in [-0.4, -0.2) is 10.8 Å². The minimum Gasteiger partial charge on any atom is -0.299 e. The molecule has 82 valence electrons. The molecule has 1 heterocycles. The van der Waals surface area contributed by atoms with Crippen molar-refractivity contribution in [2.75, 3.05) is 0 Å². The number of benzene rings is 1. The Labute approximate surface area is 106 Å². The highest BCUT2D eigenvalue weighted by molar-refractivity contribution is 9.10. The quantitative estimate of drug-likeness (QED) is 0.867. The first kappa shape index (κ1) is 11.5. The summed E-state index contributed by atoms with van der Waals surface area (Å²) >= 11 is 4.96. The van der Waals surface area contributed by atoms with Crippen LogP contribution in [0.5, 0.6) is 0 Å². The van der Waals surface area contributed by atoms with Crippen LogP contribution in [0.4, 0.5) is 0 Å². The largest absolute Gasteiger partial charge is 0.299 e. The molecule has 0 N–H and O–H groups in total. The molecule has 1 aromatic carbocycles. The Kier molecular flexibility index (Phi) is 3.85. The molecule has 0 spiro atoms. The molecule has 1 aromatic heterocycles. The van der Waals surface area contributed by atoms with Crippen LogP contribution in [0, 0.1) is 0 Å². The van der Waals surface area contributed by atoms with E-state index in [-0.39, 0.29) is 5.78 Å². The van der Waals surface area contributed by atoms with E-state index in [1.807, 2.05) is 29.6 Å². The van der Waals surface area contributed by atoms with Crippen LogP contribution in [0.3, 0.4) is 0 Å². The Balaban J connectivity index is 2.00. The lowest BCUT2D eigenvalue weighted by Crippen LogP contribution is -2.06. The molecule has 0 fully saturated rings. The van der Waals surface area contributed by atoms with E-state index in [2.05, 4.69) is 20.9 Å². The van der Waals surface area contributed by atoms with Crippen LogP contribution in [0.1, 0.15) is 10.6 Å². The third kappa shape index (κ3) is 3.00. The minimum atomic E-state index is 0.196. The summed E-state index contributed by atoms with van der Waals surface area (Å²) < 4.78 is 0.988. The van der Waals surface area contributed by atoms with Crippen molar-refractivity contribution < 1.29 is 4.79 Å². The van der Waals surface area contributed by atoms with Crippen molar-refractivity contribution in [1.29, 1.82) is 0 Å². The fraction of sp³-hybridized carbons (Fsp3) is 0.167. The first-order valence-corrected chi connectivity index (χ1v) is 6.56. The lowest BCUT2D eigenvalue weighted by atomic mass is 10.1. The van der Waals surface area contributed by atoms with Crippen molar-refractivity contribution in [3.8, 4) is 0 Å². The molecule has 0 saturated carbocycles. The number of ketones is 1. The van der Waals surface area contributed by atoms with Crippen LogP contribution < -0.4 is 0 Å². The van der Waals surface area contributed by atoms with Gasteiger partial charge in [0.05, 0.1) is 11.4 Å². The van der Waals surface area contributed by atoms with Crippen LogP contribution in [0.2, 0.25) is 0 Å². The minimum absolute atomic E-state index is 0.196. The van der Waals surface area contributed by atoms with Gasteiger partial charge < -0.3 is 0 Å². The fourth-order valence-corrected chi connectivity index (χ4v) is 2.50. The van der Waals surface area contributed by atoms with E-state index in [0.717, 1.165) is 15.0 Å². The number of Topliss-reactive ketones (excluding diaryl/α,β-unsaturated/α-hetero) is 1. The van der Waals surface area contributed by atoms with Gasteiger partial charge in [0.15, 0.2) is 0 Å². The maximum Gasteiger partial charge on any atom is 0.144 e. The van der Waals surface area contributed by atoms with E-state index in [9.17, 15) is 4.79 Å². The van der Waals surface area contributed by atoms with Gasteiger partial charge in [-0.2, -0.15) is 0 Å². The molecule has 2 rings (SSSR count). The second-order valence-corrected chi connectivity index (χ2v) is 5.24. The van der Waals surface area contributed by atoms with Gasteiger partial charge in [0.1, 0.15) is 5.78 Å². The third-order valence-electron chi connectivity index (χ3n) is 2.18. The van der Waals surface area contributed by atoms with E-state index < -0.39 is 0 Å². The zero-order valence-corrected chi connectivity index (χ0v) is 10.9. The van der Waals surface area contributed by atoms with E-state index in [1.165, 1.54) is 11.3 Å². The van der Waals surface area contributed by atoms with E-state index in [0.29, 0.717) is 12.8 Å². The molecule has 4 heteroatoms. The molecular weight excluding hydrogens is 286 g/mol. The summed E-state index contributed by atoms with van der Waals surface area (Å²) in [4.78, 5) is 15.9. The maximum absolute atomic E-state index is 11.8. The van der Waals surface area contributed by atoms with Gasteiger partial charge in [0, 0.05) is 22.5 Å². The van der Waals surface area contributed by atoms with Gasteiger partial charge in [-0.3, -0.25) is 4.79 Å². The van der Waals surface area contributed by atoms with Crippen molar-refractivity contribution in [3.05, 3.63) is 50.9 Å². The number of halogens is 1. The molecule has 16 heavy (non-hydrogen) atoms. The smallest absolute Gasteiger partial charge is 0.144 e. The van der Waals surface area contributed by atoms with Gasteiger partial charge in [-0.25, -0.2) is 4.98 Å². The summed E-state index contributed by atoms with van der Waals surface area (Å²) in [5.41, 5.74) is 1.03. The fourth-order valence-electron chi connectivity index (χ4n) is 1.43. The average Bonchev–Trinajstić information content (AvgIpc) is 2.74. The van der Waals surface area contributed by atoms with Crippen LogP contribution >= 0.6 is 27.3 Å². The van der Waals surface area contributed by atoms with Gasteiger partial charge in [-0.1, -0.05) is 34.1 Å². The number of hydrogen-bond donors (Lipinski definition) is 0. The number of carbonyl (C=O) groups excluding carboxylic acids is 1. The van der Waals surface area contributed by atoms with E-state index >= 15 is 0 Å². The zero-order valence-electron chi connectivity index (χ0n) is 8.52. The Hall–Kier alpha value is -1.00. The summed E-state index contributed by atoms with van der Waals surface area (Å²) in [6.07, 6.45) is 2.62. The molecule has 0 atom stereocenters. The van der Waals surface area contributed by atoms with Crippen molar-refractivity contribution in [2.24, 2.45) is 0 Å². The van der Waals surface area contributed by atoms with Gasteiger partial charge >= 0.3 is 0 Å². The lowest BCUT2D eigenvalue weighted by Gasteiger charge is -2.02. The topological polar surface area (TPSA) is 30.0 Å². The predicted octanol–water partition coefficient (Wildman–Crippen LogP) is 3.26. The van der Waals surface area contributed by atoms with Crippen molar-refractivity contribution in [1.82, 2.24) is 4.98 Å². The summed E-state index contributed by atoms with van der Waals surface area (Å²) in [6, 6.07) is 7.80. The Morgan fingerprint density at radius 1 is 1.31 bits per heavy atom. The Bertz CT molecular complexity index is 482. The Morgan fingerprint density at radius 3 is 2.81 bits per heavy atom. The van der Waals surface area contributed by atoms with Crippen molar-refractivity contribution in [2.45, 2.75) is 12.8 Å². The number of carbonyl (C=O) groups is 1. The van der Waals surface area contributed by atoms with Gasteiger partial charge in [-0.15, -0.1) is 11.3 Å². The number of aromatic nitrogens is 1. The SMILES string of the molecule is O=C(Cc1nccs1)Cc1ccccc1Br. The monoisotopic (exact) mass is 295 g/mol. The molecule has 0 amide bonds. The van der Waals surface area contributed by atoms with Gasteiger partial charge in [0.25, 0.3) is 0 Å². The number of nitrogens with zero attached hydrogens (tertiary/aromatic N) is 1. The van der Waals surface area contributed by atoms with E-state index in [1.54, 1.807) is 6.20 Å². The first-order valence-electron chi connectivity index (χ1n) is 4.89.